The van der Waals surface area contributed by atoms with Gasteiger partial charge in [0.15, 0.2) is 0 Å². The minimum atomic E-state index is -0.0197. The topological polar surface area (TPSA) is 70.4 Å². The highest BCUT2D eigenvalue weighted by Crippen LogP contribution is 2.27. The van der Waals surface area contributed by atoms with Gasteiger partial charge < -0.3 is 19.9 Å². The molecule has 2 aromatic carbocycles. The van der Waals surface area contributed by atoms with Gasteiger partial charge in [0, 0.05) is 26.2 Å². The molecule has 1 aliphatic heterocycles. The molecule has 0 unspecified atom stereocenters. The molecule has 0 bridgehead atoms. The molecule has 1 atom stereocenters. The molecule has 4 rings (SSSR count). The molecule has 29 heavy (non-hydrogen) atoms. The van der Waals surface area contributed by atoms with Crippen molar-refractivity contribution in [2.45, 2.75) is 32.7 Å². The van der Waals surface area contributed by atoms with Gasteiger partial charge in [-0.2, -0.15) is 0 Å². The summed E-state index contributed by atoms with van der Waals surface area (Å²) >= 11 is 0. The predicted molar refractivity (Wildman–Crippen MR) is 115 cm³/mol. The zero-order valence-corrected chi connectivity index (χ0v) is 16.8. The number of aromatic hydroxyl groups is 1. The molecule has 6 nitrogen and oxygen atoms in total. The van der Waals surface area contributed by atoms with Crippen molar-refractivity contribution >= 4 is 22.9 Å². The Balaban J connectivity index is 1.39. The Morgan fingerprint density at radius 3 is 2.79 bits per heavy atom. The van der Waals surface area contributed by atoms with Crippen molar-refractivity contribution in [2.24, 2.45) is 5.92 Å². The minimum absolute atomic E-state index is 0.0197. The fourth-order valence-electron chi connectivity index (χ4n) is 4.13. The molecule has 2 heterocycles. The average Bonchev–Trinajstić information content (AvgIpc) is 3.14. The number of carbonyl (C=O) groups excluding carboxylic acids is 1. The molecule has 0 aliphatic carbocycles. The second kappa shape index (κ2) is 8.55. The number of rotatable bonds is 6. The van der Waals surface area contributed by atoms with E-state index in [-0.39, 0.29) is 17.6 Å². The summed E-state index contributed by atoms with van der Waals surface area (Å²) in [5, 5.41) is 12.4. The molecule has 0 radical (unpaired) electrons. The van der Waals surface area contributed by atoms with E-state index < -0.39 is 0 Å². The fourth-order valence-corrected chi connectivity index (χ4v) is 4.13. The molecule has 152 valence electrons. The van der Waals surface area contributed by atoms with E-state index in [2.05, 4.69) is 27.8 Å². The zero-order valence-electron chi connectivity index (χ0n) is 16.8. The second-order valence-electron chi connectivity index (χ2n) is 7.64. The lowest BCUT2D eigenvalue weighted by molar-refractivity contribution is -0.125. The van der Waals surface area contributed by atoms with Crippen LogP contribution in [0, 0.1) is 5.92 Å². The number of phenolic OH excluding ortho intramolecular Hbond substituents is 1. The molecular weight excluding hydrogens is 364 g/mol. The van der Waals surface area contributed by atoms with Gasteiger partial charge in [0.05, 0.1) is 17.0 Å². The number of imidazole rings is 1. The van der Waals surface area contributed by atoms with Crippen molar-refractivity contribution in [3.63, 3.8) is 0 Å². The van der Waals surface area contributed by atoms with Crippen LogP contribution in [0.25, 0.3) is 11.0 Å². The number of piperidine rings is 1. The highest BCUT2D eigenvalue weighted by atomic mass is 16.3. The highest BCUT2D eigenvalue weighted by Gasteiger charge is 2.28. The normalized spacial score (nSPS) is 16.9. The summed E-state index contributed by atoms with van der Waals surface area (Å²) in [5.41, 5.74) is 3.25. The van der Waals surface area contributed by atoms with Gasteiger partial charge in [-0.15, -0.1) is 0 Å². The van der Waals surface area contributed by atoms with Crippen molar-refractivity contribution in [1.82, 2.24) is 14.9 Å². The first kappa shape index (κ1) is 19.3. The summed E-state index contributed by atoms with van der Waals surface area (Å²) in [5.74, 6) is 1.33. The number of aromatic nitrogens is 2. The van der Waals surface area contributed by atoms with Gasteiger partial charge in [-0.05, 0) is 56.0 Å². The van der Waals surface area contributed by atoms with E-state index in [1.54, 1.807) is 12.1 Å². The van der Waals surface area contributed by atoms with E-state index in [0.29, 0.717) is 13.1 Å². The van der Waals surface area contributed by atoms with Crippen molar-refractivity contribution in [3.8, 4) is 5.75 Å². The lowest BCUT2D eigenvalue weighted by atomic mass is 9.97. The number of anilines is 1. The van der Waals surface area contributed by atoms with E-state index in [9.17, 15) is 9.90 Å². The molecule has 6 heteroatoms. The van der Waals surface area contributed by atoms with Gasteiger partial charge in [0.2, 0.25) is 11.9 Å². The standard InChI is InChI=1S/C23H28N4O2/c1-2-27-21-8-4-3-7-20(21)25-23(27)26-15-5-6-18(16-26)22(29)24-14-13-17-9-11-19(28)12-10-17/h3-4,7-12,18,28H,2,5-6,13-16H2,1H3,(H,24,29)/t18-/m0/s1. The number of para-hydroxylation sites is 2. The number of hydrogen-bond acceptors (Lipinski definition) is 4. The number of nitrogens with one attached hydrogen (secondary N) is 1. The van der Waals surface area contributed by atoms with Crippen molar-refractivity contribution < 1.29 is 9.90 Å². The third kappa shape index (κ3) is 4.21. The van der Waals surface area contributed by atoms with Crippen LogP contribution in [-0.2, 0) is 17.8 Å². The van der Waals surface area contributed by atoms with Crippen molar-refractivity contribution in [1.29, 1.82) is 0 Å². The van der Waals surface area contributed by atoms with Crippen LogP contribution in [0.15, 0.2) is 48.5 Å². The Kier molecular flexibility index (Phi) is 5.69. The SMILES string of the molecule is CCn1c(N2CCC[C@H](C(=O)NCCc3ccc(O)cc3)C2)nc2ccccc21. The Morgan fingerprint density at radius 2 is 2.00 bits per heavy atom. The summed E-state index contributed by atoms with van der Waals surface area (Å²) in [6.07, 6.45) is 2.66. The first-order valence-electron chi connectivity index (χ1n) is 10.4. The van der Waals surface area contributed by atoms with Gasteiger partial charge in [-0.1, -0.05) is 24.3 Å². The van der Waals surface area contributed by atoms with E-state index >= 15 is 0 Å². The first-order chi connectivity index (χ1) is 14.2. The number of amides is 1. The molecule has 0 saturated carbocycles. The maximum absolute atomic E-state index is 12.7. The number of phenols is 1. The summed E-state index contributed by atoms with van der Waals surface area (Å²) < 4.78 is 2.24. The van der Waals surface area contributed by atoms with E-state index in [1.807, 2.05) is 30.3 Å². The molecule has 3 aromatic rings. The molecule has 1 amide bonds. The van der Waals surface area contributed by atoms with Crippen LogP contribution in [0.3, 0.4) is 0 Å². The summed E-state index contributed by atoms with van der Waals surface area (Å²) in [6, 6.07) is 15.3. The maximum Gasteiger partial charge on any atom is 0.224 e. The Hall–Kier alpha value is -3.02. The summed E-state index contributed by atoms with van der Waals surface area (Å²) in [7, 11) is 0. The third-order valence-corrected chi connectivity index (χ3v) is 5.67. The number of nitrogens with zero attached hydrogens (tertiary/aromatic N) is 3. The molecule has 0 spiro atoms. The van der Waals surface area contributed by atoms with Crippen LogP contribution >= 0.6 is 0 Å². The van der Waals surface area contributed by atoms with Crippen LogP contribution in [0.5, 0.6) is 5.75 Å². The minimum Gasteiger partial charge on any atom is -0.508 e. The predicted octanol–water partition coefficient (Wildman–Crippen LogP) is 3.34. The third-order valence-electron chi connectivity index (χ3n) is 5.67. The molecular formula is C23H28N4O2. The van der Waals surface area contributed by atoms with Gasteiger partial charge in [-0.3, -0.25) is 4.79 Å². The quantitative estimate of drug-likeness (QED) is 0.675. The lowest BCUT2D eigenvalue weighted by Gasteiger charge is -2.33. The molecule has 1 aliphatic rings. The molecule has 1 aromatic heterocycles. The monoisotopic (exact) mass is 392 g/mol. The number of hydrogen-bond donors (Lipinski definition) is 2. The van der Waals surface area contributed by atoms with Crippen molar-refractivity contribution in [2.75, 3.05) is 24.5 Å². The van der Waals surface area contributed by atoms with Crippen LogP contribution in [0.2, 0.25) is 0 Å². The van der Waals surface area contributed by atoms with Crippen LogP contribution in [0.4, 0.5) is 5.95 Å². The molecule has 1 fully saturated rings. The summed E-state index contributed by atoms with van der Waals surface area (Å²) in [6.45, 7) is 5.23. The van der Waals surface area contributed by atoms with Gasteiger partial charge in [0.1, 0.15) is 5.75 Å². The fraction of sp³-hybridized carbons (Fsp3) is 0.391. The van der Waals surface area contributed by atoms with Gasteiger partial charge in [-0.25, -0.2) is 4.98 Å². The van der Waals surface area contributed by atoms with E-state index in [1.165, 1.54) is 0 Å². The largest absolute Gasteiger partial charge is 0.508 e. The number of aryl methyl sites for hydroxylation is 1. The second-order valence-corrected chi connectivity index (χ2v) is 7.64. The van der Waals surface area contributed by atoms with Crippen LogP contribution in [-0.4, -0.2) is 40.2 Å². The van der Waals surface area contributed by atoms with E-state index in [0.717, 1.165) is 54.9 Å². The lowest BCUT2D eigenvalue weighted by Crippen LogP contribution is -2.44. The van der Waals surface area contributed by atoms with Crippen molar-refractivity contribution in [3.05, 3.63) is 54.1 Å². The number of benzene rings is 2. The number of fused-ring (bicyclic) bond motifs is 1. The first-order valence-corrected chi connectivity index (χ1v) is 10.4. The Labute approximate surface area is 171 Å². The van der Waals surface area contributed by atoms with Gasteiger partial charge in [0.25, 0.3) is 0 Å². The smallest absolute Gasteiger partial charge is 0.224 e. The maximum atomic E-state index is 12.7. The van der Waals surface area contributed by atoms with E-state index in [4.69, 9.17) is 4.98 Å². The highest BCUT2D eigenvalue weighted by molar-refractivity contribution is 5.81. The summed E-state index contributed by atoms with van der Waals surface area (Å²) in [4.78, 5) is 19.8. The Morgan fingerprint density at radius 1 is 1.21 bits per heavy atom. The van der Waals surface area contributed by atoms with Gasteiger partial charge >= 0.3 is 0 Å². The molecule has 2 N–H and O–H groups in total. The van der Waals surface area contributed by atoms with Crippen LogP contribution in [0.1, 0.15) is 25.3 Å². The van der Waals surface area contributed by atoms with Crippen LogP contribution < -0.4 is 10.2 Å². The average molecular weight is 393 g/mol. The zero-order chi connectivity index (χ0) is 20.2. The molecule has 1 saturated heterocycles. The number of carbonyl (C=O) groups is 1. The Bertz CT molecular complexity index is 980.